The van der Waals surface area contributed by atoms with Crippen LogP contribution in [0.5, 0.6) is 5.75 Å². The Balaban J connectivity index is 1.60. The van der Waals surface area contributed by atoms with Crippen LogP contribution in [0.4, 0.5) is 5.69 Å². The molecule has 0 spiro atoms. The number of fused-ring (bicyclic) bond motifs is 1. The molecule has 2 fully saturated rings. The maximum Gasteiger partial charge on any atom is 0.301 e. The summed E-state index contributed by atoms with van der Waals surface area (Å²) >= 11 is 0. The smallest absolute Gasteiger partial charge is 0.301 e. The zero-order chi connectivity index (χ0) is 21.8. The Kier molecular flexibility index (Phi) is 6.49. The minimum absolute atomic E-state index is 0.0906. The van der Waals surface area contributed by atoms with E-state index in [-0.39, 0.29) is 6.04 Å². The fraction of sp³-hybridized carbons (Fsp3) is 0.458. The lowest BCUT2D eigenvalue weighted by Gasteiger charge is -2.46. The number of piperidine rings is 1. The van der Waals surface area contributed by atoms with E-state index < -0.39 is 10.2 Å². The molecule has 2 aliphatic rings. The molecule has 1 aromatic carbocycles. The fourth-order valence-corrected chi connectivity index (χ4v) is 6.37. The van der Waals surface area contributed by atoms with Crippen LogP contribution in [0.1, 0.15) is 50.2 Å². The van der Waals surface area contributed by atoms with Crippen LogP contribution in [0.3, 0.4) is 0 Å². The second-order valence-corrected chi connectivity index (χ2v) is 9.99. The molecule has 4 rings (SSSR count). The van der Waals surface area contributed by atoms with Gasteiger partial charge in [-0.15, -0.1) is 0 Å². The predicted molar refractivity (Wildman–Crippen MR) is 122 cm³/mol. The number of anilines is 1. The number of rotatable bonds is 4. The Bertz CT molecular complexity index is 1090. The van der Waals surface area contributed by atoms with Gasteiger partial charge in [0.05, 0.1) is 18.4 Å². The van der Waals surface area contributed by atoms with Crippen molar-refractivity contribution >= 4 is 15.9 Å². The lowest BCUT2D eigenvalue weighted by molar-refractivity contribution is 0.0832. The number of hydrogen-bond acceptors (Lipinski definition) is 4. The van der Waals surface area contributed by atoms with E-state index >= 15 is 0 Å². The van der Waals surface area contributed by atoms with Gasteiger partial charge in [0.15, 0.2) is 0 Å². The molecule has 0 bridgehead atoms. The Hall–Kier alpha value is -2.56. The lowest BCUT2D eigenvalue weighted by atomic mass is 9.74. The fourth-order valence-electron chi connectivity index (χ4n) is 4.84. The number of nitrogens with one attached hydrogen (secondary N) is 1. The van der Waals surface area contributed by atoms with Crippen LogP contribution in [-0.4, -0.2) is 37.4 Å². The topological polar surface area (TPSA) is 71.5 Å². The third-order valence-electron chi connectivity index (χ3n) is 6.49. The van der Waals surface area contributed by atoms with Crippen molar-refractivity contribution in [2.24, 2.45) is 11.8 Å². The van der Waals surface area contributed by atoms with Gasteiger partial charge >= 0.3 is 10.2 Å². The SMILES string of the molecule is COc1ccncc1C#Cc1ccccc1NS(=O)(=O)N1CCC(C)C2CCCCC21. The lowest BCUT2D eigenvalue weighted by Crippen LogP contribution is -2.53. The second kappa shape index (κ2) is 9.29. The normalized spacial score (nSPS) is 23.9. The van der Waals surface area contributed by atoms with Gasteiger partial charge in [-0.1, -0.05) is 43.7 Å². The molecule has 7 heteroatoms. The van der Waals surface area contributed by atoms with E-state index in [0.29, 0.717) is 40.9 Å². The van der Waals surface area contributed by atoms with Gasteiger partial charge in [0.1, 0.15) is 5.75 Å². The van der Waals surface area contributed by atoms with Gasteiger partial charge in [0.25, 0.3) is 0 Å². The zero-order valence-corrected chi connectivity index (χ0v) is 18.9. The predicted octanol–water partition coefficient (Wildman–Crippen LogP) is 4.05. The molecule has 1 N–H and O–H groups in total. The summed E-state index contributed by atoms with van der Waals surface area (Å²) in [6.07, 6.45) is 8.54. The molecule has 164 valence electrons. The highest BCUT2D eigenvalue weighted by molar-refractivity contribution is 7.90. The van der Waals surface area contributed by atoms with E-state index in [2.05, 4.69) is 28.5 Å². The van der Waals surface area contributed by atoms with Crippen LogP contribution in [0, 0.1) is 23.7 Å². The summed E-state index contributed by atoms with van der Waals surface area (Å²) in [7, 11) is -2.09. The van der Waals surface area contributed by atoms with E-state index in [1.54, 1.807) is 35.9 Å². The first-order valence-electron chi connectivity index (χ1n) is 10.9. The van der Waals surface area contributed by atoms with E-state index in [1.807, 2.05) is 18.2 Å². The quantitative estimate of drug-likeness (QED) is 0.730. The summed E-state index contributed by atoms with van der Waals surface area (Å²) in [5.74, 6) is 7.78. The summed E-state index contributed by atoms with van der Waals surface area (Å²) in [4.78, 5) is 4.09. The Morgan fingerprint density at radius 3 is 2.71 bits per heavy atom. The number of pyridine rings is 1. The third-order valence-corrected chi connectivity index (χ3v) is 8.04. The number of hydrogen-bond donors (Lipinski definition) is 1. The average Bonchev–Trinajstić information content (AvgIpc) is 2.78. The molecule has 1 aliphatic heterocycles. The van der Waals surface area contributed by atoms with Gasteiger partial charge in [-0.3, -0.25) is 9.71 Å². The summed E-state index contributed by atoms with van der Waals surface area (Å²) in [6, 6.07) is 9.07. The molecular formula is C24H29N3O3S. The molecule has 2 heterocycles. The average molecular weight is 440 g/mol. The van der Waals surface area contributed by atoms with Crippen LogP contribution >= 0.6 is 0 Å². The van der Waals surface area contributed by atoms with Gasteiger partial charge in [-0.25, -0.2) is 0 Å². The number of methoxy groups -OCH3 is 1. The molecule has 1 saturated carbocycles. The summed E-state index contributed by atoms with van der Waals surface area (Å²) in [6.45, 7) is 2.83. The number of nitrogens with zero attached hydrogens (tertiary/aromatic N) is 2. The molecule has 3 unspecified atom stereocenters. The van der Waals surface area contributed by atoms with E-state index in [9.17, 15) is 8.42 Å². The number of benzene rings is 1. The molecular weight excluding hydrogens is 410 g/mol. The van der Waals surface area contributed by atoms with E-state index in [4.69, 9.17) is 4.74 Å². The highest BCUT2D eigenvalue weighted by Gasteiger charge is 2.42. The maximum absolute atomic E-state index is 13.4. The highest BCUT2D eigenvalue weighted by atomic mass is 32.2. The first-order valence-corrected chi connectivity index (χ1v) is 12.3. The zero-order valence-electron chi connectivity index (χ0n) is 18.0. The van der Waals surface area contributed by atoms with Crippen molar-refractivity contribution < 1.29 is 13.2 Å². The van der Waals surface area contributed by atoms with Crippen molar-refractivity contribution in [1.29, 1.82) is 0 Å². The molecule has 1 saturated heterocycles. The third kappa shape index (κ3) is 4.70. The van der Waals surface area contributed by atoms with Crippen molar-refractivity contribution in [3.8, 4) is 17.6 Å². The Labute approximate surface area is 185 Å². The van der Waals surface area contributed by atoms with E-state index in [0.717, 1.165) is 25.7 Å². The van der Waals surface area contributed by atoms with Gasteiger partial charge in [-0.2, -0.15) is 12.7 Å². The molecule has 1 aromatic heterocycles. The van der Waals surface area contributed by atoms with Gasteiger partial charge < -0.3 is 4.74 Å². The molecule has 0 amide bonds. The van der Waals surface area contributed by atoms with Crippen LogP contribution in [0.25, 0.3) is 0 Å². The summed E-state index contributed by atoms with van der Waals surface area (Å²) < 4.78 is 36.6. The second-order valence-electron chi connectivity index (χ2n) is 8.37. The largest absolute Gasteiger partial charge is 0.495 e. The molecule has 0 radical (unpaired) electrons. The first kappa shape index (κ1) is 21.7. The van der Waals surface area contributed by atoms with Crippen molar-refractivity contribution in [3.05, 3.63) is 53.9 Å². The minimum atomic E-state index is -3.67. The molecule has 2 aromatic rings. The molecule has 31 heavy (non-hydrogen) atoms. The van der Waals surface area contributed by atoms with Crippen molar-refractivity contribution in [2.45, 2.75) is 45.1 Å². The number of aromatic nitrogens is 1. The monoisotopic (exact) mass is 439 g/mol. The van der Waals surface area contributed by atoms with Crippen LogP contribution in [0.2, 0.25) is 0 Å². The maximum atomic E-state index is 13.4. The Morgan fingerprint density at radius 2 is 1.87 bits per heavy atom. The molecule has 1 aliphatic carbocycles. The van der Waals surface area contributed by atoms with Gasteiger partial charge in [0, 0.05) is 30.5 Å². The summed E-state index contributed by atoms with van der Waals surface area (Å²) in [5, 5.41) is 0. The minimum Gasteiger partial charge on any atom is -0.495 e. The molecule has 3 atom stereocenters. The molecule has 6 nitrogen and oxygen atoms in total. The van der Waals surface area contributed by atoms with Crippen molar-refractivity contribution in [3.63, 3.8) is 0 Å². The van der Waals surface area contributed by atoms with Gasteiger partial charge in [-0.05, 0) is 49.3 Å². The highest BCUT2D eigenvalue weighted by Crippen LogP contribution is 2.40. The standard InChI is InChI=1S/C24H29N3O3S/c1-18-14-16-27(23-10-6-4-8-21(18)23)31(28,29)26-22-9-5-3-7-19(22)11-12-20-17-25-15-13-24(20)30-2/h3,5,7,9,13,15,17-18,21,23,26H,4,6,8,10,14,16H2,1-2H3. The van der Waals surface area contributed by atoms with Crippen LogP contribution in [0.15, 0.2) is 42.7 Å². The van der Waals surface area contributed by atoms with Crippen LogP contribution < -0.4 is 9.46 Å². The Morgan fingerprint density at radius 1 is 1.10 bits per heavy atom. The number of para-hydroxylation sites is 1. The van der Waals surface area contributed by atoms with Gasteiger partial charge in [0.2, 0.25) is 0 Å². The van der Waals surface area contributed by atoms with Crippen LogP contribution in [-0.2, 0) is 10.2 Å². The van der Waals surface area contributed by atoms with Crippen molar-refractivity contribution in [1.82, 2.24) is 9.29 Å². The summed E-state index contributed by atoms with van der Waals surface area (Å²) in [5.41, 5.74) is 1.75. The van der Waals surface area contributed by atoms with Crippen molar-refractivity contribution in [2.75, 3.05) is 18.4 Å². The first-order chi connectivity index (χ1) is 15.0. The van der Waals surface area contributed by atoms with E-state index in [1.165, 1.54) is 6.42 Å². The number of ether oxygens (including phenoxy) is 1.